The molecule has 14 heavy (non-hydrogen) atoms. The van der Waals surface area contributed by atoms with Crippen LogP contribution in [0.15, 0.2) is 12.1 Å². The Hall–Kier alpha value is -0.830. The van der Waals surface area contributed by atoms with E-state index in [-0.39, 0.29) is 0 Å². The topological polar surface area (TPSA) is 29.0 Å². The quantitative estimate of drug-likeness (QED) is 0.704. The highest BCUT2D eigenvalue weighted by Crippen LogP contribution is 2.09. The van der Waals surface area contributed by atoms with Crippen LogP contribution in [0, 0.1) is 0 Å². The molecule has 0 aliphatic carbocycles. The van der Waals surface area contributed by atoms with Crippen LogP contribution >= 0.6 is 11.6 Å². The van der Waals surface area contributed by atoms with Crippen LogP contribution < -0.4 is 4.90 Å². The fourth-order valence-electron chi connectivity index (χ4n) is 1.14. The van der Waals surface area contributed by atoms with E-state index < -0.39 is 0 Å². The van der Waals surface area contributed by atoms with Gasteiger partial charge in [-0.2, -0.15) is 5.10 Å². The number of hydrogen-bond donors (Lipinski definition) is 0. The normalized spacial score (nSPS) is 10.2. The van der Waals surface area contributed by atoms with Crippen molar-refractivity contribution in [3.63, 3.8) is 0 Å². The molecule has 1 heterocycles. The van der Waals surface area contributed by atoms with Crippen molar-refractivity contribution in [3.05, 3.63) is 17.8 Å². The smallest absolute Gasteiger partial charge is 0.150 e. The van der Waals surface area contributed by atoms with Gasteiger partial charge in [0.15, 0.2) is 5.82 Å². The summed E-state index contributed by atoms with van der Waals surface area (Å²) in [6.07, 6.45) is 2.37. The molecule has 0 fully saturated rings. The molecule has 0 N–H and O–H groups in total. The highest BCUT2D eigenvalue weighted by atomic mass is 35.5. The van der Waals surface area contributed by atoms with Crippen molar-refractivity contribution in [2.24, 2.45) is 0 Å². The van der Waals surface area contributed by atoms with E-state index in [1.165, 1.54) is 12.8 Å². The lowest BCUT2D eigenvalue weighted by Crippen LogP contribution is -2.19. The summed E-state index contributed by atoms with van der Waals surface area (Å²) in [4.78, 5) is 2.11. The molecular weight excluding hydrogens is 198 g/mol. The molecule has 1 aromatic heterocycles. The summed E-state index contributed by atoms with van der Waals surface area (Å²) in [6.45, 7) is 3.20. The number of unbranched alkanes of at least 4 members (excludes halogenated alkanes) is 1. The van der Waals surface area contributed by atoms with Gasteiger partial charge in [0.2, 0.25) is 0 Å². The third-order valence-electron chi connectivity index (χ3n) is 2.08. The fourth-order valence-corrected chi connectivity index (χ4v) is 1.28. The molecule has 0 atom stereocenters. The monoisotopic (exact) mass is 213 g/mol. The predicted octanol–water partition coefficient (Wildman–Crippen LogP) is 2.45. The van der Waals surface area contributed by atoms with Crippen LogP contribution in [0.3, 0.4) is 0 Å². The summed E-state index contributed by atoms with van der Waals surface area (Å²) in [7, 11) is 2.03. The Bertz CT molecular complexity index is 261. The third-order valence-corrected chi connectivity index (χ3v) is 2.35. The zero-order chi connectivity index (χ0) is 10.4. The molecule has 78 valence electrons. The molecule has 0 aliphatic heterocycles. The van der Waals surface area contributed by atoms with Crippen LogP contribution in [0.4, 0.5) is 5.82 Å². The number of halogens is 1. The van der Waals surface area contributed by atoms with E-state index in [0.717, 1.165) is 18.1 Å². The van der Waals surface area contributed by atoms with Crippen LogP contribution in [0.5, 0.6) is 0 Å². The molecule has 0 unspecified atom stereocenters. The van der Waals surface area contributed by atoms with Crippen molar-refractivity contribution in [1.82, 2.24) is 10.2 Å². The summed E-state index contributed by atoms with van der Waals surface area (Å²) in [5, 5.41) is 8.10. The van der Waals surface area contributed by atoms with E-state index >= 15 is 0 Å². The van der Waals surface area contributed by atoms with Gasteiger partial charge in [0.1, 0.15) is 0 Å². The van der Waals surface area contributed by atoms with Crippen LogP contribution in [-0.2, 0) is 5.88 Å². The van der Waals surface area contributed by atoms with E-state index in [1.807, 2.05) is 19.2 Å². The first kappa shape index (κ1) is 11.2. The van der Waals surface area contributed by atoms with E-state index in [9.17, 15) is 0 Å². The van der Waals surface area contributed by atoms with Crippen LogP contribution in [0.1, 0.15) is 25.5 Å². The summed E-state index contributed by atoms with van der Waals surface area (Å²) in [5.74, 6) is 1.33. The van der Waals surface area contributed by atoms with Crippen LogP contribution in [-0.4, -0.2) is 23.8 Å². The average molecular weight is 214 g/mol. The van der Waals surface area contributed by atoms with Crippen LogP contribution in [0.2, 0.25) is 0 Å². The maximum atomic E-state index is 5.63. The largest absolute Gasteiger partial charge is 0.358 e. The fraction of sp³-hybridized carbons (Fsp3) is 0.600. The highest BCUT2D eigenvalue weighted by molar-refractivity contribution is 6.16. The lowest BCUT2D eigenvalue weighted by molar-refractivity contribution is 0.751. The molecule has 1 aromatic rings. The minimum atomic E-state index is 0.423. The lowest BCUT2D eigenvalue weighted by atomic mass is 10.3. The number of aromatic nitrogens is 2. The van der Waals surface area contributed by atoms with Gasteiger partial charge >= 0.3 is 0 Å². The first-order valence-corrected chi connectivity index (χ1v) is 5.41. The van der Waals surface area contributed by atoms with Gasteiger partial charge in [0.05, 0.1) is 11.6 Å². The number of hydrogen-bond acceptors (Lipinski definition) is 3. The SMILES string of the molecule is CCCCN(C)c1ccc(CCl)nn1. The highest BCUT2D eigenvalue weighted by Gasteiger charge is 2.02. The number of anilines is 1. The molecule has 0 bridgehead atoms. The molecular formula is C10H16ClN3. The van der Waals surface area contributed by atoms with Crippen molar-refractivity contribution < 1.29 is 0 Å². The van der Waals surface area contributed by atoms with Gasteiger partial charge in [0.25, 0.3) is 0 Å². The van der Waals surface area contributed by atoms with Gasteiger partial charge in [0, 0.05) is 13.6 Å². The van der Waals surface area contributed by atoms with E-state index in [1.54, 1.807) is 0 Å². The minimum absolute atomic E-state index is 0.423. The second-order valence-corrected chi connectivity index (χ2v) is 3.56. The van der Waals surface area contributed by atoms with Crippen molar-refractivity contribution in [3.8, 4) is 0 Å². The van der Waals surface area contributed by atoms with Crippen molar-refractivity contribution in [2.45, 2.75) is 25.6 Å². The molecule has 0 saturated carbocycles. The van der Waals surface area contributed by atoms with Gasteiger partial charge < -0.3 is 4.90 Å². The van der Waals surface area contributed by atoms with Gasteiger partial charge in [-0.25, -0.2) is 0 Å². The molecule has 0 aromatic carbocycles. The Balaban J connectivity index is 2.57. The van der Waals surface area contributed by atoms with E-state index in [0.29, 0.717) is 5.88 Å². The number of rotatable bonds is 5. The summed E-state index contributed by atoms with van der Waals surface area (Å²) < 4.78 is 0. The Morgan fingerprint density at radius 3 is 2.64 bits per heavy atom. The summed E-state index contributed by atoms with van der Waals surface area (Å²) in [5.41, 5.74) is 0.819. The molecule has 0 amide bonds. The summed E-state index contributed by atoms with van der Waals surface area (Å²) >= 11 is 5.63. The van der Waals surface area contributed by atoms with Gasteiger partial charge in [-0.1, -0.05) is 13.3 Å². The maximum absolute atomic E-state index is 5.63. The van der Waals surface area contributed by atoms with Gasteiger partial charge in [-0.3, -0.25) is 0 Å². The average Bonchev–Trinajstić information content (AvgIpc) is 2.26. The van der Waals surface area contributed by atoms with Gasteiger partial charge in [-0.05, 0) is 18.6 Å². The Labute approximate surface area is 90.1 Å². The van der Waals surface area contributed by atoms with Crippen LogP contribution in [0.25, 0.3) is 0 Å². The number of alkyl halides is 1. The Kier molecular flexibility index (Phi) is 4.66. The standard InChI is InChI=1S/C10H16ClN3/c1-3-4-7-14(2)10-6-5-9(8-11)12-13-10/h5-6H,3-4,7-8H2,1-2H3. The molecule has 0 radical (unpaired) electrons. The van der Waals surface area contributed by atoms with Crippen molar-refractivity contribution >= 4 is 17.4 Å². The molecule has 3 nitrogen and oxygen atoms in total. The Morgan fingerprint density at radius 2 is 2.14 bits per heavy atom. The maximum Gasteiger partial charge on any atom is 0.150 e. The van der Waals surface area contributed by atoms with Gasteiger partial charge in [-0.15, -0.1) is 16.7 Å². The molecule has 4 heteroatoms. The van der Waals surface area contributed by atoms with E-state index in [2.05, 4.69) is 22.0 Å². The first-order chi connectivity index (χ1) is 6.77. The second-order valence-electron chi connectivity index (χ2n) is 3.29. The second kappa shape index (κ2) is 5.81. The molecule has 0 aliphatic rings. The Morgan fingerprint density at radius 1 is 1.36 bits per heavy atom. The first-order valence-electron chi connectivity index (χ1n) is 4.87. The van der Waals surface area contributed by atoms with Crippen molar-refractivity contribution in [1.29, 1.82) is 0 Å². The molecule has 1 rings (SSSR count). The third kappa shape index (κ3) is 3.14. The van der Waals surface area contributed by atoms with Crippen molar-refractivity contribution in [2.75, 3.05) is 18.5 Å². The predicted molar refractivity (Wildman–Crippen MR) is 59.8 cm³/mol. The number of nitrogens with zero attached hydrogens (tertiary/aromatic N) is 3. The molecule has 0 saturated heterocycles. The molecule has 0 spiro atoms. The summed E-state index contributed by atoms with van der Waals surface area (Å²) in [6, 6.07) is 3.87. The zero-order valence-corrected chi connectivity index (χ0v) is 9.46. The van der Waals surface area contributed by atoms with E-state index in [4.69, 9.17) is 11.6 Å². The minimum Gasteiger partial charge on any atom is -0.358 e. The lowest BCUT2D eigenvalue weighted by Gasteiger charge is -2.16. The zero-order valence-electron chi connectivity index (χ0n) is 8.70.